The Bertz CT molecular complexity index is 118. The lowest BCUT2D eigenvalue weighted by Gasteiger charge is -2.16. The van der Waals surface area contributed by atoms with E-state index in [1.807, 2.05) is 0 Å². The van der Waals surface area contributed by atoms with Crippen LogP contribution in [0.25, 0.3) is 0 Å². The van der Waals surface area contributed by atoms with E-state index in [0.29, 0.717) is 0 Å². The molecular formula is C6H8O2. The maximum atomic E-state index is 4.97. The Labute approximate surface area is 48.4 Å². The second-order valence-electron chi connectivity index (χ2n) is 1.73. The van der Waals surface area contributed by atoms with Crippen LogP contribution in [0.1, 0.15) is 6.92 Å². The molecule has 0 aromatic carbocycles. The predicted octanol–water partition coefficient (Wildman–Crippen LogP) is 1.41. The monoisotopic (exact) mass is 112 g/mol. The Morgan fingerprint density at radius 3 is 2.25 bits per heavy atom. The summed E-state index contributed by atoms with van der Waals surface area (Å²) in [5.41, 5.74) is 0. The molecule has 1 aliphatic rings. The van der Waals surface area contributed by atoms with Gasteiger partial charge in [0.15, 0.2) is 0 Å². The molecule has 0 amide bonds. The van der Waals surface area contributed by atoms with Crippen LogP contribution in [0, 0.1) is 0 Å². The van der Waals surface area contributed by atoms with Gasteiger partial charge >= 0.3 is 0 Å². The SMILES string of the molecule is C=CC1(C)OC=CO1. The minimum atomic E-state index is -0.611. The van der Waals surface area contributed by atoms with Gasteiger partial charge in [-0.15, -0.1) is 0 Å². The van der Waals surface area contributed by atoms with Gasteiger partial charge in [-0.05, 0) is 6.08 Å². The summed E-state index contributed by atoms with van der Waals surface area (Å²) in [6, 6.07) is 0. The molecule has 0 N–H and O–H groups in total. The van der Waals surface area contributed by atoms with Crippen LogP contribution in [0.4, 0.5) is 0 Å². The smallest absolute Gasteiger partial charge is 0.266 e. The van der Waals surface area contributed by atoms with Crippen LogP contribution in [0.3, 0.4) is 0 Å². The molecule has 0 atom stereocenters. The van der Waals surface area contributed by atoms with Gasteiger partial charge in [-0.3, -0.25) is 0 Å². The summed E-state index contributed by atoms with van der Waals surface area (Å²) < 4.78 is 9.94. The highest BCUT2D eigenvalue weighted by Crippen LogP contribution is 2.19. The zero-order valence-electron chi connectivity index (χ0n) is 4.76. The van der Waals surface area contributed by atoms with Gasteiger partial charge in [0, 0.05) is 6.92 Å². The fourth-order valence-corrected chi connectivity index (χ4v) is 0.450. The van der Waals surface area contributed by atoms with Crippen LogP contribution in [-0.2, 0) is 9.47 Å². The Kier molecular flexibility index (Phi) is 1.01. The van der Waals surface area contributed by atoms with Crippen LogP contribution in [-0.4, -0.2) is 5.79 Å². The number of hydrogen-bond acceptors (Lipinski definition) is 2. The lowest BCUT2D eigenvalue weighted by atomic mass is 10.3. The van der Waals surface area contributed by atoms with Crippen molar-refractivity contribution in [2.24, 2.45) is 0 Å². The van der Waals surface area contributed by atoms with Gasteiger partial charge in [0.25, 0.3) is 5.79 Å². The standard InChI is InChI=1S/C6H8O2/c1-3-6(2)7-4-5-8-6/h3-5H,1H2,2H3. The van der Waals surface area contributed by atoms with E-state index >= 15 is 0 Å². The third-order valence-electron chi connectivity index (χ3n) is 1.03. The third-order valence-corrected chi connectivity index (χ3v) is 1.03. The summed E-state index contributed by atoms with van der Waals surface area (Å²) in [5.74, 6) is -0.611. The quantitative estimate of drug-likeness (QED) is 0.477. The van der Waals surface area contributed by atoms with Gasteiger partial charge in [0.2, 0.25) is 0 Å². The van der Waals surface area contributed by atoms with E-state index < -0.39 is 5.79 Å². The topological polar surface area (TPSA) is 18.5 Å². The molecule has 0 spiro atoms. The van der Waals surface area contributed by atoms with E-state index in [-0.39, 0.29) is 0 Å². The molecule has 1 aliphatic heterocycles. The minimum Gasteiger partial charge on any atom is -0.454 e. The summed E-state index contributed by atoms with van der Waals surface area (Å²) in [6.07, 6.45) is 4.61. The molecule has 0 unspecified atom stereocenters. The molecule has 0 aromatic heterocycles. The van der Waals surface area contributed by atoms with E-state index in [4.69, 9.17) is 9.47 Å². The Morgan fingerprint density at radius 2 is 2.00 bits per heavy atom. The maximum Gasteiger partial charge on any atom is 0.266 e. The molecule has 0 bridgehead atoms. The highest BCUT2D eigenvalue weighted by atomic mass is 16.7. The Morgan fingerprint density at radius 1 is 1.50 bits per heavy atom. The zero-order chi connectivity index (χ0) is 6.04. The number of hydrogen-bond donors (Lipinski definition) is 0. The highest BCUT2D eigenvalue weighted by Gasteiger charge is 2.23. The number of rotatable bonds is 1. The summed E-state index contributed by atoms with van der Waals surface area (Å²) in [6.45, 7) is 5.32. The first-order valence-electron chi connectivity index (χ1n) is 2.41. The average molecular weight is 112 g/mol. The van der Waals surface area contributed by atoms with Gasteiger partial charge in [-0.1, -0.05) is 6.58 Å². The normalized spacial score (nSPS) is 21.6. The molecule has 1 heterocycles. The van der Waals surface area contributed by atoms with Crippen LogP contribution in [0.5, 0.6) is 0 Å². The van der Waals surface area contributed by atoms with Crippen LogP contribution >= 0.6 is 0 Å². The summed E-state index contributed by atoms with van der Waals surface area (Å²) in [5, 5.41) is 0. The predicted molar refractivity (Wildman–Crippen MR) is 29.9 cm³/mol. The van der Waals surface area contributed by atoms with Crippen molar-refractivity contribution in [3.63, 3.8) is 0 Å². The molecule has 0 saturated heterocycles. The molecule has 44 valence electrons. The van der Waals surface area contributed by atoms with Crippen molar-refractivity contribution in [1.29, 1.82) is 0 Å². The molecule has 1 rings (SSSR count). The van der Waals surface area contributed by atoms with Crippen molar-refractivity contribution in [2.75, 3.05) is 0 Å². The molecule has 0 saturated carbocycles. The Balaban J connectivity index is 2.58. The fourth-order valence-electron chi connectivity index (χ4n) is 0.450. The van der Waals surface area contributed by atoms with Gasteiger partial charge in [-0.2, -0.15) is 0 Å². The molecule has 8 heavy (non-hydrogen) atoms. The minimum absolute atomic E-state index is 0.611. The zero-order valence-corrected chi connectivity index (χ0v) is 4.76. The first-order valence-corrected chi connectivity index (χ1v) is 2.41. The van der Waals surface area contributed by atoms with Crippen LogP contribution in [0.2, 0.25) is 0 Å². The second kappa shape index (κ2) is 1.54. The summed E-state index contributed by atoms with van der Waals surface area (Å²) in [4.78, 5) is 0. The lowest BCUT2D eigenvalue weighted by Crippen LogP contribution is -2.20. The third kappa shape index (κ3) is 0.689. The first kappa shape index (κ1) is 5.22. The number of ether oxygens (including phenoxy) is 2. The van der Waals surface area contributed by atoms with Crippen molar-refractivity contribution in [3.8, 4) is 0 Å². The van der Waals surface area contributed by atoms with E-state index in [0.717, 1.165) is 0 Å². The van der Waals surface area contributed by atoms with Crippen molar-refractivity contribution >= 4 is 0 Å². The first-order chi connectivity index (χ1) is 3.77. The van der Waals surface area contributed by atoms with Crippen molar-refractivity contribution in [3.05, 3.63) is 25.2 Å². The molecular weight excluding hydrogens is 104 g/mol. The van der Waals surface area contributed by atoms with Crippen molar-refractivity contribution in [2.45, 2.75) is 12.7 Å². The molecule has 0 radical (unpaired) electrons. The fraction of sp³-hybridized carbons (Fsp3) is 0.333. The lowest BCUT2D eigenvalue weighted by molar-refractivity contribution is -0.0816. The van der Waals surface area contributed by atoms with E-state index in [2.05, 4.69) is 6.58 Å². The van der Waals surface area contributed by atoms with Gasteiger partial charge in [0.1, 0.15) is 12.5 Å². The Hall–Kier alpha value is -0.920. The van der Waals surface area contributed by atoms with Gasteiger partial charge in [-0.25, -0.2) is 0 Å². The average Bonchev–Trinajstić information content (AvgIpc) is 2.17. The van der Waals surface area contributed by atoms with Crippen molar-refractivity contribution < 1.29 is 9.47 Å². The molecule has 0 fully saturated rings. The molecule has 0 aromatic rings. The van der Waals surface area contributed by atoms with E-state index in [1.54, 1.807) is 13.0 Å². The van der Waals surface area contributed by atoms with Crippen LogP contribution < -0.4 is 0 Å². The van der Waals surface area contributed by atoms with Gasteiger partial charge < -0.3 is 9.47 Å². The summed E-state index contributed by atoms with van der Waals surface area (Å²) in [7, 11) is 0. The van der Waals surface area contributed by atoms with E-state index in [9.17, 15) is 0 Å². The summed E-state index contributed by atoms with van der Waals surface area (Å²) >= 11 is 0. The maximum absolute atomic E-state index is 4.97. The molecule has 0 aliphatic carbocycles. The molecule has 2 heteroatoms. The van der Waals surface area contributed by atoms with Gasteiger partial charge in [0.05, 0.1) is 0 Å². The molecule has 2 nitrogen and oxygen atoms in total. The van der Waals surface area contributed by atoms with Crippen molar-refractivity contribution in [1.82, 2.24) is 0 Å². The highest BCUT2D eigenvalue weighted by molar-refractivity contribution is 4.93. The van der Waals surface area contributed by atoms with E-state index in [1.165, 1.54) is 12.5 Å². The largest absolute Gasteiger partial charge is 0.454 e. The second-order valence-corrected chi connectivity index (χ2v) is 1.73. The van der Waals surface area contributed by atoms with Crippen LogP contribution in [0.15, 0.2) is 25.2 Å².